The summed E-state index contributed by atoms with van der Waals surface area (Å²) in [6, 6.07) is 11.3. The van der Waals surface area contributed by atoms with Crippen LogP contribution in [0.4, 0.5) is 14.6 Å². The lowest BCUT2D eigenvalue weighted by Crippen LogP contribution is -2.32. The first kappa shape index (κ1) is 17.5. The third kappa shape index (κ3) is 3.85. The van der Waals surface area contributed by atoms with E-state index in [2.05, 4.69) is 20.3 Å². The Hall–Kier alpha value is -3.29. The number of benzene rings is 2. The first-order valence-electron chi connectivity index (χ1n) is 7.89. The van der Waals surface area contributed by atoms with Gasteiger partial charge in [-0.05, 0) is 53.1 Å². The number of nitrogens with one attached hydrogen (secondary N) is 1. The van der Waals surface area contributed by atoms with Crippen LogP contribution in [0.2, 0.25) is 0 Å². The molecule has 3 aromatic rings. The maximum absolute atomic E-state index is 13.7. The Balaban J connectivity index is 1.76. The largest absolute Gasteiger partial charge is 0.478 e. The molecule has 0 saturated carbocycles. The lowest BCUT2D eigenvalue weighted by atomic mass is 10.1. The lowest BCUT2D eigenvalue weighted by molar-refractivity contribution is -0.122. The van der Waals surface area contributed by atoms with Gasteiger partial charge in [-0.25, -0.2) is 13.4 Å². The van der Waals surface area contributed by atoms with Crippen molar-refractivity contribution in [1.82, 2.24) is 10.3 Å². The summed E-state index contributed by atoms with van der Waals surface area (Å²) in [7, 11) is 0. The molecule has 2 aromatic carbocycles. The second-order valence-electron chi connectivity index (χ2n) is 5.40. The first-order chi connectivity index (χ1) is 12.6. The molecule has 0 aliphatic rings. The minimum absolute atomic E-state index is 0.0217. The molecule has 6 nitrogen and oxygen atoms in total. The second kappa shape index (κ2) is 7.73. The van der Waals surface area contributed by atoms with Gasteiger partial charge in [0.2, 0.25) is 5.82 Å². The molecule has 1 unspecified atom stereocenters. The summed E-state index contributed by atoms with van der Waals surface area (Å²) in [5.41, 5.74) is 0.769. The molecule has 0 fully saturated rings. The Morgan fingerprint density at radius 1 is 1.15 bits per heavy atom. The van der Waals surface area contributed by atoms with E-state index in [-0.39, 0.29) is 17.3 Å². The van der Waals surface area contributed by atoms with Crippen molar-refractivity contribution in [2.75, 3.05) is 5.32 Å². The van der Waals surface area contributed by atoms with E-state index in [9.17, 15) is 13.6 Å². The molecule has 1 N–H and O–H groups in total. The fourth-order valence-corrected chi connectivity index (χ4v) is 2.28. The maximum Gasteiger partial charge on any atom is 0.266 e. The molecule has 3 rings (SSSR count). The van der Waals surface area contributed by atoms with Gasteiger partial charge in [0.25, 0.3) is 5.91 Å². The molecule has 0 radical (unpaired) electrons. The number of nitrogens with zero attached hydrogens (tertiary/aromatic N) is 2. The number of amides is 1. The van der Waals surface area contributed by atoms with Crippen molar-refractivity contribution in [3.8, 4) is 17.0 Å². The van der Waals surface area contributed by atoms with Crippen LogP contribution in [0, 0.1) is 11.6 Å². The first-order valence-corrected chi connectivity index (χ1v) is 7.89. The minimum Gasteiger partial charge on any atom is -0.478 e. The number of anilines is 1. The van der Waals surface area contributed by atoms with E-state index in [1.165, 1.54) is 42.5 Å². The van der Waals surface area contributed by atoms with Gasteiger partial charge in [0.1, 0.15) is 5.82 Å². The van der Waals surface area contributed by atoms with Crippen LogP contribution in [0.3, 0.4) is 0 Å². The predicted molar refractivity (Wildman–Crippen MR) is 89.4 cm³/mol. The van der Waals surface area contributed by atoms with E-state index in [0.717, 1.165) is 0 Å². The number of ether oxygens (including phenoxy) is 1. The van der Waals surface area contributed by atoms with Gasteiger partial charge in [-0.3, -0.25) is 4.79 Å². The van der Waals surface area contributed by atoms with Crippen molar-refractivity contribution in [3.05, 3.63) is 60.2 Å². The molecule has 1 heterocycles. The molecule has 0 aliphatic heterocycles. The quantitative estimate of drug-likeness (QED) is 0.724. The molecule has 1 atom stereocenters. The van der Waals surface area contributed by atoms with Gasteiger partial charge in [-0.1, -0.05) is 19.1 Å². The van der Waals surface area contributed by atoms with E-state index < -0.39 is 23.6 Å². The van der Waals surface area contributed by atoms with Crippen molar-refractivity contribution in [2.24, 2.45) is 0 Å². The SMILES string of the molecule is CCC(Oc1ccccc1F)C(=O)Nc1nonc1-c1ccc(F)cc1. The molecule has 1 aromatic heterocycles. The molecule has 0 aliphatic carbocycles. The molecule has 0 bridgehead atoms. The summed E-state index contributed by atoms with van der Waals surface area (Å²) in [6.45, 7) is 1.73. The number of halogens is 2. The van der Waals surface area contributed by atoms with E-state index in [0.29, 0.717) is 12.0 Å². The van der Waals surface area contributed by atoms with Crippen LogP contribution < -0.4 is 10.1 Å². The fraction of sp³-hybridized carbons (Fsp3) is 0.167. The Morgan fingerprint density at radius 3 is 2.58 bits per heavy atom. The zero-order chi connectivity index (χ0) is 18.5. The van der Waals surface area contributed by atoms with Crippen LogP contribution in [0.25, 0.3) is 11.3 Å². The highest BCUT2D eigenvalue weighted by Crippen LogP contribution is 2.25. The average molecular weight is 359 g/mol. The number of carbonyl (C=O) groups is 1. The van der Waals surface area contributed by atoms with Crippen molar-refractivity contribution < 1.29 is 22.9 Å². The molecule has 0 spiro atoms. The smallest absolute Gasteiger partial charge is 0.266 e. The van der Waals surface area contributed by atoms with Crippen LogP contribution in [-0.4, -0.2) is 22.3 Å². The zero-order valence-corrected chi connectivity index (χ0v) is 13.8. The summed E-state index contributed by atoms with van der Waals surface area (Å²) in [4.78, 5) is 12.5. The van der Waals surface area contributed by atoms with Crippen LogP contribution in [0.1, 0.15) is 13.3 Å². The van der Waals surface area contributed by atoms with Crippen LogP contribution in [-0.2, 0) is 4.79 Å². The van der Waals surface area contributed by atoms with Crippen molar-refractivity contribution in [3.63, 3.8) is 0 Å². The van der Waals surface area contributed by atoms with Crippen molar-refractivity contribution in [1.29, 1.82) is 0 Å². The van der Waals surface area contributed by atoms with Gasteiger partial charge in [-0.15, -0.1) is 0 Å². The van der Waals surface area contributed by atoms with Crippen LogP contribution >= 0.6 is 0 Å². The third-order valence-electron chi connectivity index (χ3n) is 3.62. The topological polar surface area (TPSA) is 77.2 Å². The summed E-state index contributed by atoms with van der Waals surface area (Å²) in [6.07, 6.45) is -0.637. The average Bonchev–Trinajstić information content (AvgIpc) is 3.09. The van der Waals surface area contributed by atoms with E-state index >= 15 is 0 Å². The van der Waals surface area contributed by atoms with Gasteiger partial charge < -0.3 is 10.1 Å². The third-order valence-corrected chi connectivity index (χ3v) is 3.62. The van der Waals surface area contributed by atoms with Crippen LogP contribution in [0.15, 0.2) is 53.2 Å². The molecule has 1 amide bonds. The summed E-state index contributed by atoms with van der Waals surface area (Å²) in [5, 5.41) is 9.93. The zero-order valence-electron chi connectivity index (χ0n) is 13.8. The number of hydrogen-bond donors (Lipinski definition) is 1. The predicted octanol–water partition coefficient (Wildman–Crippen LogP) is 3.81. The summed E-state index contributed by atoms with van der Waals surface area (Å²) >= 11 is 0. The number of rotatable bonds is 6. The Bertz CT molecular complexity index is 897. The Kier molecular flexibility index (Phi) is 5.21. The van der Waals surface area contributed by atoms with E-state index in [4.69, 9.17) is 4.74 Å². The Labute approximate surface area is 147 Å². The fourth-order valence-electron chi connectivity index (χ4n) is 2.28. The van der Waals surface area contributed by atoms with Gasteiger partial charge in [0, 0.05) is 5.56 Å². The number of aromatic nitrogens is 2. The lowest BCUT2D eigenvalue weighted by Gasteiger charge is -2.16. The molecule has 0 saturated heterocycles. The number of carbonyl (C=O) groups excluding carboxylic acids is 1. The van der Waals surface area contributed by atoms with Crippen molar-refractivity contribution in [2.45, 2.75) is 19.4 Å². The highest BCUT2D eigenvalue weighted by molar-refractivity contribution is 5.96. The molecule has 8 heteroatoms. The molecular weight excluding hydrogens is 344 g/mol. The summed E-state index contributed by atoms with van der Waals surface area (Å²) < 4.78 is 36.9. The van der Waals surface area contributed by atoms with Crippen molar-refractivity contribution >= 4 is 11.7 Å². The highest BCUT2D eigenvalue weighted by Gasteiger charge is 2.23. The molecular formula is C18H15F2N3O3. The van der Waals surface area contributed by atoms with Gasteiger partial charge in [0.15, 0.2) is 23.4 Å². The second-order valence-corrected chi connectivity index (χ2v) is 5.40. The molecule has 26 heavy (non-hydrogen) atoms. The summed E-state index contributed by atoms with van der Waals surface area (Å²) in [5.74, 6) is -1.45. The normalized spacial score (nSPS) is 11.8. The highest BCUT2D eigenvalue weighted by atomic mass is 19.1. The number of hydrogen-bond acceptors (Lipinski definition) is 5. The van der Waals surface area contributed by atoms with Crippen LogP contribution in [0.5, 0.6) is 5.75 Å². The maximum atomic E-state index is 13.7. The van der Waals surface area contributed by atoms with Gasteiger partial charge >= 0.3 is 0 Å². The van der Waals surface area contributed by atoms with E-state index in [1.807, 2.05) is 0 Å². The Morgan fingerprint density at radius 2 is 1.88 bits per heavy atom. The van der Waals surface area contributed by atoms with Gasteiger partial charge in [0.05, 0.1) is 0 Å². The number of para-hydroxylation sites is 1. The van der Waals surface area contributed by atoms with Gasteiger partial charge in [-0.2, -0.15) is 0 Å². The monoisotopic (exact) mass is 359 g/mol. The van der Waals surface area contributed by atoms with E-state index in [1.54, 1.807) is 13.0 Å². The standard InChI is InChI=1S/C18H15F2N3O3/c1-2-14(25-15-6-4-3-5-13(15)20)18(24)21-17-16(22-26-23-17)11-7-9-12(19)10-8-11/h3-10,14H,2H2,1H3,(H,21,23,24). The minimum atomic E-state index is -0.940. The molecule has 134 valence electrons.